The number of hydrogen-bond acceptors (Lipinski definition) is 4. The van der Waals surface area contributed by atoms with Crippen molar-refractivity contribution in [2.45, 2.75) is 45.3 Å². The summed E-state index contributed by atoms with van der Waals surface area (Å²) in [6, 6.07) is 2.14. The number of ether oxygens (including phenoxy) is 1. The normalized spacial score (nSPS) is 21.3. The summed E-state index contributed by atoms with van der Waals surface area (Å²) < 4.78 is 7.83. The molecule has 0 unspecified atom stereocenters. The van der Waals surface area contributed by atoms with Crippen LogP contribution in [0.2, 0.25) is 0 Å². The molecule has 2 aromatic heterocycles. The van der Waals surface area contributed by atoms with E-state index in [-0.39, 0.29) is 18.1 Å². The van der Waals surface area contributed by atoms with Crippen molar-refractivity contribution in [1.29, 1.82) is 0 Å². The van der Waals surface area contributed by atoms with Crippen molar-refractivity contribution < 1.29 is 9.53 Å². The van der Waals surface area contributed by atoms with Crippen LogP contribution in [-0.4, -0.2) is 28.1 Å². The third kappa shape index (κ3) is 3.48. The summed E-state index contributed by atoms with van der Waals surface area (Å²) in [5, 5.41) is 3.17. The van der Waals surface area contributed by atoms with Gasteiger partial charge < -0.3 is 14.6 Å². The molecule has 1 saturated heterocycles. The van der Waals surface area contributed by atoms with Gasteiger partial charge in [0.25, 0.3) is 5.91 Å². The van der Waals surface area contributed by atoms with Crippen molar-refractivity contribution in [2.75, 3.05) is 6.61 Å². The number of aryl methyl sites for hydroxylation is 3. The number of amides is 1. The molecule has 0 aliphatic carbocycles. The predicted octanol–water partition coefficient (Wildman–Crippen LogP) is 3.00. The number of rotatable bonds is 4. The van der Waals surface area contributed by atoms with Crippen LogP contribution in [0.5, 0.6) is 0 Å². The van der Waals surface area contributed by atoms with Gasteiger partial charge >= 0.3 is 0 Å². The fourth-order valence-corrected chi connectivity index (χ4v) is 4.07. The summed E-state index contributed by atoms with van der Waals surface area (Å²) in [6.45, 7) is 4.85. The zero-order valence-electron chi connectivity index (χ0n) is 13.8. The second kappa shape index (κ2) is 6.84. The Kier molecular flexibility index (Phi) is 4.82. The molecule has 1 N–H and O–H groups in total. The van der Waals surface area contributed by atoms with Crippen molar-refractivity contribution >= 4 is 17.2 Å². The van der Waals surface area contributed by atoms with Crippen molar-refractivity contribution in [3.63, 3.8) is 0 Å². The standard InChI is InChI=1S/C17H23N3O2S/c1-4-15-11(2)7-16(23-15)17(21)19-12-5-6-22-14(8-12)13-9-18-10-20(13)3/h7,9-10,12,14H,4-6,8H2,1-3H3,(H,19,21)/t12-,14-/m1/s1. The number of carbonyl (C=O) groups excluding carboxylic acids is 1. The Hall–Kier alpha value is -1.66. The molecule has 3 rings (SSSR count). The van der Waals surface area contributed by atoms with Gasteiger partial charge in [-0.2, -0.15) is 0 Å². The molecule has 2 aromatic rings. The van der Waals surface area contributed by atoms with E-state index < -0.39 is 0 Å². The largest absolute Gasteiger partial charge is 0.372 e. The molecule has 1 amide bonds. The molecule has 5 nitrogen and oxygen atoms in total. The lowest BCUT2D eigenvalue weighted by atomic mass is 10.0. The second-order valence-corrected chi connectivity index (χ2v) is 7.19. The number of imidazole rings is 1. The van der Waals surface area contributed by atoms with Crippen LogP contribution in [0.4, 0.5) is 0 Å². The number of aromatic nitrogens is 2. The highest BCUT2D eigenvalue weighted by Crippen LogP contribution is 2.28. The molecule has 3 heterocycles. The van der Waals surface area contributed by atoms with E-state index in [1.54, 1.807) is 17.7 Å². The molecule has 1 fully saturated rings. The highest BCUT2D eigenvalue weighted by atomic mass is 32.1. The Morgan fingerprint density at radius 2 is 2.39 bits per heavy atom. The van der Waals surface area contributed by atoms with Gasteiger partial charge in [0.05, 0.1) is 23.1 Å². The van der Waals surface area contributed by atoms with Gasteiger partial charge in [0.1, 0.15) is 6.10 Å². The van der Waals surface area contributed by atoms with Gasteiger partial charge in [0.15, 0.2) is 0 Å². The van der Waals surface area contributed by atoms with E-state index in [0.29, 0.717) is 6.61 Å². The fraction of sp³-hybridized carbons (Fsp3) is 0.529. The van der Waals surface area contributed by atoms with Crippen molar-refractivity contribution in [3.8, 4) is 0 Å². The quantitative estimate of drug-likeness (QED) is 0.936. The van der Waals surface area contributed by atoms with Crippen molar-refractivity contribution in [1.82, 2.24) is 14.9 Å². The summed E-state index contributed by atoms with van der Waals surface area (Å²) in [7, 11) is 1.97. The summed E-state index contributed by atoms with van der Waals surface area (Å²) >= 11 is 1.60. The molecular formula is C17H23N3O2S. The van der Waals surface area contributed by atoms with E-state index in [1.807, 2.05) is 23.9 Å². The van der Waals surface area contributed by atoms with Crippen LogP contribution in [0.1, 0.15) is 51.7 Å². The first kappa shape index (κ1) is 16.2. The zero-order valence-corrected chi connectivity index (χ0v) is 14.7. The minimum Gasteiger partial charge on any atom is -0.372 e. The summed E-state index contributed by atoms with van der Waals surface area (Å²) in [5.74, 6) is 0.0356. The molecule has 0 aromatic carbocycles. The number of nitrogens with one attached hydrogen (secondary N) is 1. The molecule has 23 heavy (non-hydrogen) atoms. The molecule has 124 valence electrons. The van der Waals surface area contributed by atoms with E-state index in [9.17, 15) is 4.79 Å². The van der Waals surface area contributed by atoms with Crippen LogP contribution in [0.25, 0.3) is 0 Å². The Morgan fingerprint density at radius 3 is 3.04 bits per heavy atom. The molecule has 2 atom stereocenters. The van der Waals surface area contributed by atoms with Gasteiger partial charge in [-0.15, -0.1) is 11.3 Å². The minimum absolute atomic E-state index is 0.00201. The average molecular weight is 333 g/mol. The van der Waals surface area contributed by atoms with Crippen LogP contribution in [-0.2, 0) is 18.2 Å². The third-order valence-electron chi connectivity index (χ3n) is 4.37. The maximum Gasteiger partial charge on any atom is 0.261 e. The van der Waals surface area contributed by atoms with Gasteiger partial charge in [0.2, 0.25) is 0 Å². The van der Waals surface area contributed by atoms with Crippen LogP contribution in [0.3, 0.4) is 0 Å². The van der Waals surface area contributed by atoms with Crippen LogP contribution >= 0.6 is 11.3 Å². The van der Waals surface area contributed by atoms with E-state index >= 15 is 0 Å². The van der Waals surface area contributed by atoms with Gasteiger partial charge in [-0.25, -0.2) is 4.98 Å². The van der Waals surface area contributed by atoms with Crippen molar-refractivity contribution in [3.05, 3.63) is 39.6 Å². The second-order valence-electron chi connectivity index (χ2n) is 6.05. The fourth-order valence-electron chi connectivity index (χ4n) is 3.05. The lowest BCUT2D eigenvalue weighted by Gasteiger charge is -2.30. The maximum atomic E-state index is 12.5. The maximum absolute atomic E-state index is 12.5. The van der Waals surface area contributed by atoms with Gasteiger partial charge in [-0.1, -0.05) is 6.92 Å². The topological polar surface area (TPSA) is 56.1 Å². The average Bonchev–Trinajstić information content (AvgIpc) is 3.13. The van der Waals surface area contributed by atoms with E-state index in [2.05, 4.69) is 24.1 Å². The van der Waals surface area contributed by atoms with Gasteiger partial charge in [-0.05, 0) is 37.8 Å². The molecular weight excluding hydrogens is 310 g/mol. The molecule has 0 spiro atoms. The lowest BCUT2D eigenvalue weighted by Crippen LogP contribution is -2.39. The molecule has 0 bridgehead atoms. The Labute approximate surface area is 140 Å². The zero-order chi connectivity index (χ0) is 16.4. The highest BCUT2D eigenvalue weighted by Gasteiger charge is 2.27. The van der Waals surface area contributed by atoms with E-state index in [4.69, 9.17) is 4.74 Å². The number of carbonyl (C=O) groups is 1. The minimum atomic E-state index is -0.00201. The summed E-state index contributed by atoms with van der Waals surface area (Å²) in [6.07, 6.45) is 6.23. The predicted molar refractivity (Wildman–Crippen MR) is 90.8 cm³/mol. The first-order valence-electron chi connectivity index (χ1n) is 8.06. The Balaban J connectivity index is 1.65. The summed E-state index contributed by atoms with van der Waals surface area (Å²) in [4.78, 5) is 18.7. The van der Waals surface area contributed by atoms with Gasteiger partial charge in [0, 0.05) is 24.6 Å². The third-order valence-corrected chi connectivity index (χ3v) is 5.75. The SMILES string of the molecule is CCc1sc(C(=O)N[C@@H]2CCO[C@@H](c3cncn3C)C2)cc1C. The smallest absolute Gasteiger partial charge is 0.261 e. The molecule has 1 aliphatic heterocycles. The van der Waals surface area contributed by atoms with Crippen LogP contribution < -0.4 is 5.32 Å². The van der Waals surface area contributed by atoms with Gasteiger partial charge in [-0.3, -0.25) is 4.79 Å². The monoisotopic (exact) mass is 333 g/mol. The number of hydrogen-bond donors (Lipinski definition) is 1. The molecule has 0 radical (unpaired) electrons. The first-order chi connectivity index (χ1) is 11.1. The van der Waals surface area contributed by atoms with Crippen LogP contribution in [0, 0.1) is 6.92 Å². The lowest BCUT2D eigenvalue weighted by molar-refractivity contribution is -0.00298. The van der Waals surface area contributed by atoms with E-state index in [0.717, 1.165) is 29.8 Å². The molecule has 6 heteroatoms. The van der Waals surface area contributed by atoms with Crippen LogP contribution in [0.15, 0.2) is 18.6 Å². The molecule has 1 aliphatic rings. The highest BCUT2D eigenvalue weighted by molar-refractivity contribution is 7.14. The summed E-state index contributed by atoms with van der Waals surface area (Å²) in [5.41, 5.74) is 2.27. The number of nitrogens with zero attached hydrogens (tertiary/aromatic N) is 2. The Bertz CT molecular complexity index is 692. The van der Waals surface area contributed by atoms with E-state index in [1.165, 1.54) is 10.4 Å². The molecule has 0 saturated carbocycles. The Morgan fingerprint density at radius 1 is 1.57 bits per heavy atom. The number of thiophene rings is 1. The van der Waals surface area contributed by atoms with Crippen molar-refractivity contribution in [2.24, 2.45) is 7.05 Å². The first-order valence-corrected chi connectivity index (χ1v) is 8.88.